The molecule has 0 spiro atoms. The first-order chi connectivity index (χ1) is 10.4. The van der Waals surface area contributed by atoms with E-state index in [9.17, 15) is 9.67 Å². The summed E-state index contributed by atoms with van der Waals surface area (Å²) in [7, 11) is 0.699. The fraction of sp³-hybridized carbons (Fsp3) is 1.00. The molecule has 0 radical (unpaired) electrons. The van der Waals surface area contributed by atoms with Gasteiger partial charge in [0.25, 0.3) is 0 Å². The zero-order valence-corrected chi connectivity index (χ0v) is 15.5. The number of rotatable bonds is 11. The summed E-state index contributed by atoms with van der Waals surface area (Å²) in [6.45, 7) is 3.89. The molecule has 1 fully saturated rings. The molecule has 6 heteroatoms. The van der Waals surface area contributed by atoms with Gasteiger partial charge in [-0.1, -0.05) is 26.2 Å². The van der Waals surface area contributed by atoms with Crippen molar-refractivity contribution in [2.75, 3.05) is 27.0 Å². The number of nitrogens with one attached hydrogen (secondary N) is 1. The monoisotopic (exact) mass is 335 g/mol. The van der Waals surface area contributed by atoms with Crippen molar-refractivity contribution < 1.29 is 19.0 Å². The molecule has 132 valence electrons. The van der Waals surface area contributed by atoms with E-state index in [4.69, 9.17) is 9.36 Å². The van der Waals surface area contributed by atoms with E-state index in [0.29, 0.717) is 12.1 Å². The first kappa shape index (κ1) is 20.1. The summed E-state index contributed by atoms with van der Waals surface area (Å²) in [6.07, 6.45) is 7.52. The van der Waals surface area contributed by atoms with Crippen LogP contribution in [0.2, 0.25) is 0 Å². The third-order valence-electron chi connectivity index (χ3n) is 4.95. The van der Waals surface area contributed by atoms with Gasteiger partial charge in [0.05, 0.1) is 13.2 Å². The molecule has 5 unspecified atom stereocenters. The molecule has 0 aromatic rings. The van der Waals surface area contributed by atoms with Crippen LogP contribution in [0.1, 0.15) is 51.9 Å². The minimum absolute atomic E-state index is 0.220. The zero-order valence-electron chi connectivity index (χ0n) is 14.6. The number of hydroxylamine groups is 1. The lowest BCUT2D eigenvalue weighted by Crippen LogP contribution is -2.33. The molecule has 5 atom stereocenters. The molecule has 0 aliphatic heterocycles. The van der Waals surface area contributed by atoms with Crippen molar-refractivity contribution in [3.63, 3.8) is 0 Å². The van der Waals surface area contributed by atoms with Gasteiger partial charge in [-0.2, -0.15) is 5.48 Å². The second-order valence-electron chi connectivity index (χ2n) is 6.62. The van der Waals surface area contributed by atoms with Crippen molar-refractivity contribution >= 4 is 7.37 Å². The Kier molecular flexibility index (Phi) is 9.18. The van der Waals surface area contributed by atoms with Crippen molar-refractivity contribution in [3.8, 4) is 0 Å². The van der Waals surface area contributed by atoms with E-state index < -0.39 is 7.37 Å². The highest BCUT2D eigenvalue weighted by molar-refractivity contribution is 7.58. The van der Waals surface area contributed by atoms with Crippen LogP contribution >= 0.6 is 7.37 Å². The number of aliphatic hydroxyl groups is 1. The van der Waals surface area contributed by atoms with Crippen LogP contribution in [0.5, 0.6) is 0 Å². The van der Waals surface area contributed by atoms with Crippen LogP contribution in [0.15, 0.2) is 0 Å². The fourth-order valence-corrected chi connectivity index (χ4v) is 4.58. The van der Waals surface area contributed by atoms with Gasteiger partial charge in [-0.3, -0.25) is 4.57 Å². The van der Waals surface area contributed by atoms with Gasteiger partial charge >= 0.3 is 0 Å². The first-order valence-corrected chi connectivity index (χ1v) is 10.8. The average Bonchev–Trinajstić information content (AvgIpc) is 2.76. The van der Waals surface area contributed by atoms with E-state index in [0.717, 1.165) is 25.7 Å². The molecule has 0 heterocycles. The van der Waals surface area contributed by atoms with Crippen molar-refractivity contribution in [1.29, 1.82) is 0 Å². The number of hydrogen-bond donors (Lipinski definition) is 2. The van der Waals surface area contributed by atoms with E-state index in [1.807, 2.05) is 0 Å². The van der Waals surface area contributed by atoms with Gasteiger partial charge < -0.3 is 14.5 Å². The summed E-state index contributed by atoms with van der Waals surface area (Å²) >= 11 is 0. The van der Waals surface area contributed by atoms with Gasteiger partial charge in [-0.05, 0) is 37.5 Å². The normalized spacial score (nSPS) is 31.3. The molecule has 0 bridgehead atoms. The van der Waals surface area contributed by atoms with Gasteiger partial charge in [0.2, 0.25) is 0 Å². The molecular weight excluding hydrogens is 301 g/mol. The lowest BCUT2D eigenvalue weighted by atomic mass is 9.85. The Balaban J connectivity index is 2.56. The molecule has 1 aliphatic carbocycles. The number of aliphatic hydroxyl groups excluding tert-OH is 1. The Morgan fingerprint density at radius 2 is 1.86 bits per heavy atom. The summed E-state index contributed by atoms with van der Waals surface area (Å²) in [5, 5.41) is 10.4. The van der Waals surface area contributed by atoms with Crippen molar-refractivity contribution in [2.45, 2.75) is 64.0 Å². The number of hydrogen-bond acceptors (Lipinski definition) is 5. The minimum Gasteiger partial charge on any atom is -0.393 e. The van der Waals surface area contributed by atoms with Gasteiger partial charge in [-0.25, -0.2) is 0 Å². The Morgan fingerprint density at radius 3 is 2.45 bits per heavy atom. The summed E-state index contributed by atoms with van der Waals surface area (Å²) in [4.78, 5) is 5.11. The highest BCUT2D eigenvalue weighted by Gasteiger charge is 2.41. The molecule has 5 nitrogen and oxygen atoms in total. The second kappa shape index (κ2) is 10.0. The van der Waals surface area contributed by atoms with Crippen molar-refractivity contribution in [3.05, 3.63) is 0 Å². The van der Waals surface area contributed by atoms with E-state index in [2.05, 4.69) is 12.4 Å². The Hall–Kier alpha value is 0.0700. The first-order valence-electron chi connectivity index (χ1n) is 8.54. The molecule has 1 rings (SSSR count). The van der Waals surface area contributed by atoms with Gasteiger partial charge in [-0.15, -0.1) is 0 Å². The van der Waals surface area contributed by atoms with E-state index in [-0.39, 0.29) is 18.1 Å². The van der Waals surface area contributed by atoms with E-state index in [1.54, 1.807) is 13.8 Å². The quantitative estimate of drug-likeness (QED) is 0.344. The summed E-state index contributed by atoms with van der Waals surface area (Å²) in [6, 6.07) is 0.220. The van der Waals surface area contributed by atoms with Crippen LogP contribution in [0.4, 0.5) is 0 Å². The Morgan fingerprint density at radius 1 is 1.18 bits per heavy atom. The standard InChI is InChI=1S/C16H34NO4P/c1-5-6-7-9-13-14(10-8-11-22(4,19)21-3)16(18)12-15(13)17-20-2/h13-18H,5-12H2,1-4H3. The van der Waals surface area contributed by atoms with Crippen LogP contribution in [-0.4, -0.2) is 44.3 Å². The largest absolute Gasteiger partial charge is 0.393 e. The average molecular weight is 335 g/mol. The molecule has 0 aromatic carbocycles. The molecule has 1 aliphatic rings. The van der Waals surface area contributed by atoms with E-state index >= 15 is 0 Å². The highest BCUT2D eigenvalue weighted by atomic mass is 31.2. The zero-order chi connectivity index (χ0) is 16.6. The molecule has 0 aromatic heterocycles. The highest BCUT2D eigenvalue weighted by Crippen LogP contribution is 2.44. The summed E-state index contributed by atoms with van der Waals surface area (Å²) in [5.74, 6) is 0.696. The predicted molar refractivity (Wildman–Crippen MR) is 90.3 cm³/mol. The lowest BCUT2D eigenvalue weighted by Gasteiger charge is -2.26. The SMILES string of the molecule is CCCCCC1C(NOC)CC(O)C1CCCP(C)(=O)OC. The Labute approximate surface area is 135 Å². The van der Waals surface area contributed by atoms with Crippen LogP contribution in [0.3, 0.4) is 0 Å². The summed E-state index contributed by atoms with van der Waals surface area (Å²) < 4.78 is 17.0. The van der Waals surface area contributed by atoms with E-state index in [1.165, 1.54) is 26.4 Å². The smallest absolute Gasteiger partial charge is 0.199 e. The molecule has 1 saturated carbocycles. The number of unbranched alkanes of at least 4 members (excludes halogenated alkanes) is 2. The minimum atomic E-state index is -2.45. The fourth-order valence-electron chi connectivity index (χ4n) is 3.64. The van der Waals surface area contributed by atoms with Gasteiger partial charge in [0, 0.05) is 26.0 Å². The van der Waals surface area contributed by atoms with Gasteiger partial charge in [0.1, 0.15) is 0 Å². The van der Waals surface area contributed by atoms with Crippen molar-refractivity contribution in [2.24, 2.45) is 11.8 Å². The maximum atomic E-state index is 12.0. The predicted octanol–water partition coefficient (Wildman–Crippen LogP) is 3.42. The van der Waals surface area contributed by atoms with Crippen LogP contribution in [-0.2, 0) is 13.9 Å². The Bertz CT molecular complexity index is 353. The van der Waals surface area contributed by atoms with Crippen molar-refractivity contribution in [1.82, 2.24) is 5.48 Å². The van der Waals surface area contributed by atoms with Crippen LogP contribution < -0.4 is 5.48 Å². The maximum Gasteiger partial charge on any atom is 0.199 e. The molecule has 22 heavy (non-hydrogen) atoms. The topological polar surface area (TPSA) is 67.8 Å². The summed E-state index contributed by atoms with van der Waals surface area (Å²) in [5.41, 5.74) is 3.06. The lowest BCUT2D eigenvalue weighted by molar-refractivity contribution is 0.0423. The maximum absolute atomic E-state index is 12.0. The van der Waals surface area contributed by atoms with Crippen LogP contribution in [0, 0.1) is 11.8 Å². The third-order valence-corrected chi connectivity index (χ3v) is 6.86. The molecule has 0 saturated heterocycles. The molecular formula is C16H34NO4P. The van der Waals surface area contributed by atoms with Gasteiger partial charge in [0.15, 0.2) is 7.37 Å². The third kappa shape index (κ3) is 6.29. The second-order valence-corrected chi connectivity index (χ2v) is 9.46. The molecule has 0 amide bonds. The molecule has 2 N–H and O–H groups in total. The van der Waals surface area contributed by atoms with Crippen LogP contribution in [0.25, 0.3) is 0 Å².